The van der Waals surface area contributed by atoms with Gasteiger partial charge in [0, 0.05) is 12.2 Å². The molecular weight excluding hydrogens is 300 g/mol. The van der Waals surface area contributed by atoms with E-state index in [-0.39, 0.29) is 17.6 Å². The third-order valence-corrected chi connectivity index (χ3v) is 6.49. The van der Waals surface area contributed by atoms with Gasteiger partial charge in [0.2, 0.25) is 5.91 Å². The van der Waals surface area contributed by atoms with Crippen LogP contribution in [0.5, 0.6) is 0 Å². The highest BCUT2D eigenvalue weighted by Gasteiger charge is 2.29. The molecule has 2 rings (SSSR count). The van der Waals surface area contributed by atoms with Gasteiger partial charge in [-0.25, -0.2) is 8.42 Å². The van der Waals surface area contributed by atoms with Crippen molar-refractivity contribution in [1.82, 2.24) is 5.32 Å². The molecule has 0 saturated carbocycles. The zero-order chi connectivity index (χ0) is 16.4. The van der Waals surface area contributed by atoms with Crippen molar-refractivity contribution in [2.24, 2.45) is 5.92 Å². The monoisotopic (exact) mass is 324 g/mol. The Morgan fingerprint density at radius 2 is 2.09 bits per heavy atom. The Morgan fingerprint density at radius 3 is 2.68 bits per heavy atom. The molecule has 1 saturated heterocycles. The van der Waals surface area contributed by atoms with Gasteiger partial charge in [-0.2, -0.15) is 0 Å². The Labute approximate surface area is 132 Å². The number of hydrogen-bond acceptors (Lipinski definition) is 4. The quantitative estimate of drug-likeness (QED) is 0.887. The molecule has 1 aromatic rings. The van der Waals surface area contributed by atoms with Crippen LogP contribution in [0.25, 0.3) is 0 Å². The summed E-state index contributed by atoms with van der Waals surface area (Å²) in [6, 6.07) is 7.07. The number of anilines is 1. The van der Waals surface area contributed by atoms with E-state index < -0.39 is 14.6 Å². The normalized spacial score (nSPS) is 19.1. The largest absolute Gasteiger partial charge is 0.326 e. The average Bonchev–Trinajstić information content (AvgIpc) is 2.91. The number of rotatable bonds is 4. The maximum absolute atomic E-state index is 12.3. The van der Waals surface area contributed by atoms with E-state index in [0.29, 0.717) is 17.8 Å². The van der Waals surface area contributed by atoms with Crippen molar-refractivity contribution in [3.63, 3.8) is 0 Å². The van der Waals surface area contributed by atoms with Gasteiger partial charge in [0.1, 0.15) is 0 Å². The van der Waals surface area contributed by atoms with E-state index in [1.54, 1.807) is 45.0 Å². The lowest BCUT2D eigenvalue weighted by atomic mass is 10.1. The molecule has 1 amide bonds. The molecule has 1 aliphatic heterocycles. The summed E-state index contributed by atoms with van der Waals surface area (Å²) in [4.78, 5) is 12.1. The topological polar surface area (TPSA) is 75.3 Å². The minimum absolute atomic E-state index is 0.0121. The molecule has 6 heteroatoms. The number of hydrogen-bond donors (Lipinski definition) is 2. The van der Waals surface area contributed by atoms with Crippen molar-refractivity contribution in [1.29, 1.82) is 0 Å². The summed E-state index contributed by atoms with van der Waals surface area (Å²) < 4.78 is 23.7. The van der Waals surface area contributed by atoms with Gasteiger partial charge in [0.15, 0.2) is 9.84 Å². The summed E-state index contributed by atoms with van der Waals surface area (Å²) in [7, 11) is -3.23. The average molecular weight is 324 g/mol. The fraction of sp³-hybridized carbons (Fsp3) is 0.562. The van der Waals surface area contributed by atoms with E-state index >= 15 is 0 Å². The van der Waals surface area contributed by atoms with Crippen LogP contribution in [-0.4, -0.2) is 32.2 Å². The molecule has 122 valence electrons. The van der Waals surface area contributed by atoms with Gasteiger partial charge in [-0.15, -0.1) is 0 Å². The predicted octanol–water partition coefficient (Wildman–Crippen LogP) is 1.95. The van der Waals surface area contributed by atoms with Crippen LogP contribution in [0.4, 0.5) is 5.69 Å². The smallest absolute Gasteiger partial charge is 0.228 e. The second kappa shape index (κ2) is 6.38. The molecule has 1 fully saturated rings. The summed E-state index contributed by atoms with van der Waals surface area (Å²) >= 11 is 0. The highest BCUT2D eigenvalue weighted by molar-refractivity contribution is 7.91. The van der Waals surface area contributed by atoms with Gasteiger partial charge in [0.05, 0.1) is 16.4 Å². The Bertz CT molecular complexity index is 642. The van der Waals surface area contributed by atoms with Crippen molar-refractivity contribution in [3.05, 3.63) is 29.8 Å². The molecule has 2 N–H and O–H groups in total. The SMILES string of the molecule is CC(C)(C)S(=O)(=O)Cc1cccc(NC(=O)C2CCNC2)c1. The maximum Gasteiger partial charge on any atom is 0.228 e. The summed E-state index contributed by atoms with van der Waals surface area (Å²) in [6.07, 6.45) is 0.837. The molecular formula is C16H24N2O3S. The summed E-state index contributed by atoms with van der Waals surface area (Å²) in [5, 5.41) is 6.03. The van der Waals surface area contributed by atoms with Gasteiger partial charge in [-0.05, 0) is 51.4 Å². The molecule has 1 atom stereocenters. The van der Waals surface area contributed by atoms with Crippen LogP contribution in [0.1, 0.15) is 32.8 Å². The molecule has 0 aliphatic carbocycles. The maximum atomic E-state index is 12.3. The van der Waals surface area contributed by atoms with Crippen LogP contribution < -0.4 is 10.6 Å². The second-order valence-corrected chi connectivity index (χ2v) is 9.49. The number of sulfone groups is 1. The van der Waals surface area contributed by atoms with Gasteiger partial charge >= 0.3 is 0 Å². The number of carbonyl (C=O) groups is 1. The van der Waals surface area contributed by atoms with E-state index in [4.69, 9.17) is 0 Å². The first kappa shape index (κ1) is 17.0. The van der Waals surface area contributed by atoms with E-state index in [2.05, 4.69) is 10.6 Å². The lowest BCUT2D eigenvalue weighted by Gasteiger charge is -2.19. The van der Waals surface area contributed by atoms with E-state index in [9.17, 15) is 13.2 Å². The zero-order valence-electron chi connectivity index (χ0n) is 13.3. The number of nitrogens with one attached hydrogen (secondary N) is 2. The lowest BCUT2D eigenvalue weighted by molar-refractivity contribution is -0.119. The fourth-order valence-corrected chi connectivity index (χ4v) is 3.35. The Kier molecular flexibility index (Phi) is 4.92. The highest BCUT2D eigenvalue weighted by Crippen LogP contribution is 2.22. The van der Waals surface area contributed by atoms with Crippen LogP contribution in [-0.2, 0) is 20.4 Å². The molecule has 0 spiro atoms. The van der Waals surface area contributed by atoms with Crippen molar-refractivity contribution in [2.75, 3.05) is 18.4 Å². The Morgan fingerprint density at radius 1 is 1.36 bits per heavy atom. The molecule has 1 heterocycles. The van der Waals surface area contributed by atoms with E-state index in [0.717, 1.165) is 13.0 Å². The first-order chi connectivity index (χ1) is 10.2. The first-order valence-electron chi connectivity index (χ1n) is 7.52. The Balaban J connectivity index is 2.08. The van der Waals surface area contributed by atoms with E-state index in [1.807, 2.05) is 0 Å². The third-order valence-electron chi connectivity index (χ3n) is 3.92. The minimum Gasteiger partial charge on any atom is -0.326 e. The molecule has 1 aromatic carbocycles. The van der Waals surface area contributed by atoms with Crippen LogP contribution >= 0.6 is 0 Å². The fourth-order valence-electron chi connectivity index (χ4n) is 2.30. The van der Waals surface area contributed by atoms with Crippen LogP contribution in [0.2, 0.25) is 0 Å². The molecule has 5 nitrogen and oxygen atoms in total. The van der Waals surface area contributed by atoms with Crippen molar-refractivity contribution >= 4 is 21.4 Å². The van der Waals surface area contributed by atoms with Crippen LogP contribution in [0.15, 0.2) is 24.3 Å². The molecule has 1 unspecified atom stereocenters. The standard InChI is InChI=1S/C16H24N2O3S/c1-16(2,3)22(20,21)11-12-5-4-6-14(9-12)18-15(19)13-7-8-17-10-13/h4-6,9,13,17H,7-8,10-11H2,1-3H3,(H,18,19). The predicted molar refractivity (Wildman–Crippen MR) is 88.4 cm³/mol. The van der Waals surface area contributed by atoms with Crippen LogP contribution in [0, 0.1) is 5.92 Å². The summed E-state index contributed by atoms with van der Waals surface area (Å²) in [6.45, 7) is 6.65. The van der Waals surface area contributed by atoms with Gasteiger partial charge < -0.3 is 10.6 Å². The second-order valence-electron chi connectivity index (χ2n) is 6.75. The highest BCUT2D eigenvalue weighted by atomic mass is 32.2. The zero-order valence-corrected chi connectivity index (χ0v) is 14.2. The lowest BCUT2D eigenvalue weighted by Crippen LogP contribution is -2.29. The molecule has 22 heavy (non-hydrogen) atoms. The Hall–Kier alpha value is -1.40. The van der Waals surface area contributed by atoms with E-state index in [1.165, 1.54) is 0 Å². The van der Waals surface area contributed by atoms with Crippen LogP contribution in [0.3, 0.4) is 0 Å². The van der Waals surface area contributed by atoms with Crippen molar-refractivity contribution in [2.45, 2.75) is 37.7 Å². The van der Waals surface area contributed by atoms with Crippen molar-refractivity contribution < 1.29 is 13.2 Å². The van der Waals surface area contributed by atoms with Gasteiger partial charge in [-0.1, -0.05) is 12.1 Å². The van der Waals surface area contributed by atoms with Gasteiger partial charge in [-0.3, -0.25) is 4.79 Å². The minimum atomic E-state index is -3.23. The molecule has 0 radical (unpaired) electrons. The molecule has 0 aromatic heterocycles. The number of benzene rings is 1. The van der Waals surface area contributed by atoms with Gasteiger partial charge in [0.25, 0.3) is 0 Å². The summed E-state index contributed by atoms with van der Waals surface area (Å²) in [5.41, 5.74) is 1.34. The number of amides is 1. The summed E-state index contributed by atoms with van der Waals surface area (Å²) in [5.74, 6) is -0.0478. The van der Waals surface area contributed by atoms with Crippen molar-refractivity contribution in [3.8, 4) is 0 Å². The third kappa shape index (κ3) is 4.08. The first-order valence-corrected chi connectivity index (χ1v) is 9.17. The molecule has 1 aliphatic rings. The molecule has 0 bridgehead atoms. The number of carbonyl (C=O) groups excluding carboxylic acids is 1.